The van der Waals surface area contributed by atoms with Crippen LogP contribution >= 0.6 is 0 Å². The summed E-state index contributed by atoms with van der Waals surface area (Å²) >= 11 is 0. The maximum atomic E-state index is 13.7. The van der Waals surface area contributed by atoms with Gasteiger partial charge in [0, 0.05) is 13.1 Å². The molecule has 240 valence electrons. The molecular weight excluding hydrogens is 564 g/mol. The van der Waals surface area contributed by atoms with E-state index >= 15 is 0 Å². The largest absolute Gasteiger partial charge is 0.494 e. The van der Waals surface area contributed by atoms with Crippen molar-refractivity contribution in [3.63, 3.8) is 0 Å². The Bertz CT molecular complexity index is 1270. The fourth-order valence-electron chi connectivity index (χ4n) is 4.69. The predicted octanol–water partition coefficient (Wildman–Crippen LogP) is 4.20. The Morgan fingerprint density at radius 3 is 2.41 bits per heavy atom. The number of carbonyl (C=O) groups excluding carboxylic acids is 4. The normalized spacial score (nSPS) is 13.3. The first kappa shape index (κ1) is 34.4. The molecule has 11 nitrogen and oxygen atoms in total. The molecule has 3 amide bonds. The van der Waals surface area contributed by atoms with E-state index in [-0.39, 0.29) is 44.5 Å². The van der Waals surface area contributed by atoms with Crippen molar-refractivity contribution in [1.29, 1.82) is 0 Å². The van der Waals surface area contributed by atoms with Gasteiger partial charge in [-0.25, -0.2) is 4.79 Å². The molecule has 0 fully saturated rings. The van der Waals surface area contributed by atoms with Gasteiger partial charge in [-0.2, -0.15) is 0 Å². The van der Waals surface area contributed by atoms with Crippen LogP contribution in [0.15, 0.2) is 42.5 Å². The van der Waals surface area contributed by atoms with Crippen molar-refractivity contribution in [2.75, 3.05) is 44.3 Å². The summed E-state index contributed by atoms with van der Waals surface area (Å²) in [7, 11) is 0. The molecule has 0 saturated carbocycles. The zero-order valence-electron chi connectivity index (χ0n) is 26.4. The highest BCUT2D eigenvalue weighted by atomic mass is 16.6. The lowest BCUT2D eigenvalue weighted by Gasteiger charge is -2.23. The number of fused-ring (bicyclic) bond motifs is 1. The molecule has 44 heavy (non-hydrogen) atoms. The number of anilines is 1. The molecule has 0 unspecified atom stereocenters. The highest BCUT2D eigenvalue weighted by molar-refractivity contribution is 6.09. The Labute approximate surface area is 260 Å². The standard InChI is InChI=1S/C33H46N4O7/c1-5-42-30(39)16-19-36-23-29(38)37(22-25-10-13-26(14-11-25)43-20-8-17-34)28-15-12-24(21-27(28)31(36)40)9-6-7-18-35-32(41)44-33(2,3)4/h10-15,21H,5-9,16-20,22-23,34H2,1-4H3,(H,35,41). The maximum Gasteiger partial charge on any atom is 0.407 e. The Morgan fingerprint density at radius 1 is 1.00 bits per heavy atom. The van der Waals surface area contributed by atoms with Gasteiger partial charge in [0.25, 0.3) is 5.91 Å². The first-order chi connectivity index (χ1) is 21.0. The Hall–Kier alpha value is -4.12. The van der Waals surface area contributed by atoms with Crippen LogP contribution in [0.4, 0.5) is 10.5 Å². The second-order valence-corrected chi connectivity index (χ2v) is 11.6. The number of esters is 1. The van der Waals surface area contributed by atoms with E-state index in [1.807, 2.05) is 63.2 Å². The number of aryl methyl sites for hydroxylation is 1. The van der Waals surface area contributed by atoms with Crippen molar-refractivity contribution in [3.8, 4) is 5.75 Å². The summed E-state index contributed by atoms with van der Waals surface area (Å²) in [4.78, 5) is 54.3. The highest BCUT2D eigenvalue weighted by Gasteiger charge is 2.32. The van der Waals surface area contributed by atoms with Gasteiger partial charge in [-0.1, -0.05) is 18.2 Å². The summed E-state index contributed by atoms with van der Waals surface area (Å²) < 4.78 is 16.0. The Balaban J connectivity index is 1.75. The minimum absolute atomic E-state index is 0.00183. The summed E-state index contributed by atoms with van der Waals surface area (Å²) in [6, 6.07) is 13.1. The molecule has 2 aromatic carbocycles. The molecule has 0 aromatic heterocycles. The van der Waals surface area contributed by atoms with Gasteiger partial charge < -0.3 is 35.1 Å². The molecule has 0 atom stereocenters. The van der Waals surface area contributed by atoms with E-state index < -0.39 is 17.7 Å². The van der Waals surface area contributed by atoms with Gasteiger partial charge in [-0.15, -0.1) is 0 Å². The number of alkyl carbamates (subject to hydrolysis) is 1. The van der Waals surface area contributed by atoms with Crippen molar-refractivity contribution >= 4 is 29.6 Å². The molecule has 0 bridgehead atoms. The summed E-state index contributed by atoms with van der Waals surface area (Å²) in [6.07, 6.45) is 2.49. The van der Waals surface area contributed by atoms with Crippen LogP contribution in [-0.4, -0.2) is 73.8 Å². The lowest BCUT2D eigenvalue weighted by Crippen LogP contribution is -2.40. The average molecular weight is 611 g/mol. The SMILES string of the molecule is CCOC(=O)CCN1CC(=O)N(Cc2ccc(OCCCN)cc2)c2ccc(CCCCNC(=O)OC(C)(C)C)cc2C1=O. The van der Waals surface area contributed by atoms with Gasteiger partial charge in [0.1, 0.15) is 17.9 Å². The maximum absolute atomic E-state index is 13.7. The van der Waals surface area contributed by atoms with Crippen LogP contribution in [0.3, 0.4) is 0 Å². The third kappa shape index (κ3) is 10.9. The molecule has 0 radical (unpaired) electrons. The van der Waals surface area contributed by atoms with Crippen LogP contribution in [0.1, 0.15) is 74.9 Å². The van der Waals surface area contributed by atoms with Gasteiger partial charge in [0.05, 0.1) is 37.4 Å². The third-order valence-corrected chi connectivity index (χ3v) is 6.83. The van der Waals surface area contributed by atoms with Crippen LogP contribution in [0.5, 0.6) is 5.75 Å². The fraction of sp³-hybridized carbons (Fsp3) is 0.515. The Kier molecular flexibility index (Phi) is 13.0. The lowest BCUT2D eigenvalue weighted by molar-refractivity contribution is -0.143. The van der Waals surface area contributed by atoms with Crippen molar-refractivity contribution in [2.24, 2.45) is 5.73 Å². The summed E-state index contributed by atoms with van der Waals surface area (Å²) in [5.41, 5.74) is 7.73. The second-order valence-electron chi connectivity index (χ2n) is 11.6. The number of benzene rings is 2. The van der Waals surface area contributed by atoms with Crippen LogP contribution in [0.2, 0.25) is 0 Å². The lowest BCUT2D eigenvalue weighted by atomic mass is 10.0. The molecule has 3 N–H and O–H groups in total. The van der Waals surface area contributed by atoms with Gasteiger partial charge >= 0.3 is 12.1 Å². The minimum atomic E-state index is -0.555. The van der Waals surface area contributed by atoms with E-state index in [4.69, 9.17) is 19.9 Å². The Morgan fingerprint density at radius 2 is 1.73 bits per heavy atom. The number of ether oxygens (including phenoxy) is 3. The highest BCUT2D eigenvalue weighted by Crippen LogP contribution is 2.29. The molecule has 0 saturated heterocycles. The first-order valence-corrected chi connectivity index (χ1v) is 15.3. The van der Waals surface area contributed by atoms with Gasteiger partial charge in [0.2, 0.25) is 5.91 Å². The number of unbranched alkanes of at least 4 members (excludes halogenated alkanes) is 1. The van der Waals surface area contributed by atoms with Crippen molar-refractivity contribution in [3.05, 3.63) is 59.2 Å². The predicted molar refractivity (Wildman–Crippen MR) is 168 cm³/mol. The van der Waals surface area contributed by atoms with E-state index in [1.54, 1.807) is 11.8 Å². The van der Waals surface area contributed by atoms with Crippen LogP contribution in [0.25, 0.3) is 0 Å². The molecule has 1 heterocycles. The van der Waals surface area contributed by atoms with Gasteiger partial charge in [0.15, 0.2) is 0 Å². The topological polar surface area (TPSA) is 140 Å². The number of rotatable bonds is 15. The van der Waals surface area contributed by atoms with E-state index in [2.05, 4.69) is 5.32 Å². The second kappa shape index (κ2) is 16.7. The van der Waals surface area contributed by atoms with Gasteiger partial charge in [-0.05, 0) is 95.3 Å². The average Bonchev–Trinajstić information content (AvgIpc) is 3.06. The monoisotopic (exact) mass is 610 g/mol. The number of nitrogens with one attached hydrogen (secondary N) is 1. The molecule has 11 heteroatoms. The minimum Gasteiger partial charge on any atom is -0.494 e. The van der Waals surface area contributed by atoms with Crippen LogP contribution in [0, 0.1) is 0 Å². The zero-order chi connectivity index (χ0) is 32.1. The van der Waals surface area contributed by atoms with E-state index in [0.717, 1.165) is 36.1 Å². The fourth-order valence-corrected chi connectivity index (χ4v) is 4.69. The van der Waals surface area contributed by atoms with Crippen molar-refractivity contribution < 1.29 is 33.4 Å². The van der Waals surface area contributed by atoms with Crippen LogP contribution < -0.4 is 20.7 Å². The first-order valence-electron chi connectivity index (χ1n) is 15.3. The smallest absolute Gasteiger partial charge is 0.407 e. The van der Waals surface area contributed by atoms with Crippen molar-refractivity contribution in [1.82, 2.24) is 10.2 Å². The molecule has 1 aliphatic rings. The number of hydrogen-bond acceptors (Lipinski definition) is 8. The van der Waals surface area contributed by atoms with E-state index in [0.29, 0.717) is 37.4 Å². The number of nitrogens with zero attached hydrogens (tertiary/aromatic N) is 2. The summed E-state index contributed by atoms with van der Waals surface area (Å²) in [5.74, 6) is -0.255. The summed E-state index contributed by atoms with van der Waals surface area (Å²) in [6.45, 7) is 9.16. The number of hydrogen-bond donors (Lipinski definition) is 2. The molecular formula is C33H46N4O7. The number of amides is 3. The van der Waals surface area contributed by atoms with Gasteiger partial charge in [-0.3, -0.25) is 14.4 Å². The molecule has 1 aliphatic heterocycles. The number of nitrogens with two attached hydrogens (primary N) is 1. The summed E-state index contributed by atoms with van der Waals surface area (Å²) in [5, 5.41) is 2.76. The molecule has 2 aromatic rings. The quantitative estimate of drug-likeness (QED) is 0.226. The van der Waals surface area contributed by atoms with E-state index in [9.17, 15) is 19.2 Å². The third-order valence-electron chi connectivity index (χ3n) is 6.83. The van der Waals surface area contributed by atoms with Crippen LogP contribution in [-0.2, 0) is 32.0 Å². The van der Waals surface area contributed by atoms with E-state index in [1.165, 1.54) is 4.90 Å². The molecule has 0 aliphatic carbocycles. The zero-order valence-corrected chi connectivity index (χ0v) is 26.4. The molecule has 0 spiro atoms. The van der Waals surface area contributed by atoms with Crippen molar-refractivity contribution in [2.45, 2.75) is 71.9 Å². The molecule has 3 rings (SSSR count). The number of carbonyl (C=O) groups is 4.